The van der Waals surface area contributed by atoms with Gasteiger partial charge >= 0.3 is 0 Å². The first-order valence-electron chi connectivity index (χ1n) is 7.29. The van der Waals surface area contributed by atoms with Gasteiger partial charge in [-0.25, -0.2) is 0 Å². The summed E-state index contributed by atoms with van der Waals surface area (Å²) in [5.41, 5.74) is 3.59. The zero-order chi connectivity index (χ0) is 15.4. The third-order valence-corrected chi connectivity index (χ3v) is 3.43. The highest BCUT2D eigenvalue weighted by Gasteiger charge is 2.15. The van der Waals surface area contributed by atoms with Crippen LogP contribution in [0.1, 0.15) is 40.9 Å². The Morgan fingerprint density at radius 3 is 2.57 bits per heavy atom. The minimum atomic E-state index is 0.0150. The largest absolute Gasteiger partial charge is 0.496 e. The van der Waals surface area contributed by atoms with Crippen molar-refractivity contribution >= 4 is 5.78 Å². The normalized spacial score (nSPS) is 10.7. The van der Waals surface area contributed by atoms with Crippen molar-refractivity contribution in [2.75, 3.05) is 7.11 Å². The van der Waals surface area contributed by atoms with Gasteiger partial charge in [-0.2, -0.15) is 0 Å². The molecule has 0 unspecified atom stereocenters. The van der Waals surface area contributed by atoms with Crippen LogP contribution >= 0.6 is 0 Å². The molecule has 0 aliphatic carbocycles. The van der Waals surface area contributed by atoms with Crippen LogP contribution in [-0.4, -0.2) is 12.9 Å². The molecule has 2 aromatic carbocycles. The Morgan fingerprint density at radius 2 is 1.90 bits per heavy atom. The van der Waals surface area contributed by atoms with Crippen molar-refractivity contribution in [3.63, 3.8) is 0 Å². The highest BCUT2D eigenvalue weighted by Crippen LogP contribution is 2.23. The highest BCUT2D eigenvalue weighted by atomic mass is 16.5. The Bertz CT molecular complexity index is 642. The molecule has 0 aliphatic heterocycles. The summed E-state index contributed by atoms with van der Waals surface area (Å²) in [6.07, 6.45) is 0.978. The summed E-state index contributed by atoms with van der Waals surface area (Å²) in [5, 5.41) is 0. The predicted octanol–water partition coefficient (Wildman–Crippen LogP) is 4.43. The lowest BCUT2D eigenvalue weighted by Crippen LogP contribution is -2.05. The first kappa shape index (κ1) is 15.3. The van der Waals surface area contributed by atoms with Crippen molar-refractivity contribution in [1.82, 2.24) is 0 Å². The molecule has 0 radical (unpaired) electrons. The van der Waals surface area contributed by atoms with E-state index in [2.05, 4.69) is 19.9 Å². The second-order valence-electron chi connectivity index (χ2n) is 5.83. The molecular weight excluding hydrogens is 260 g/mol. The van der Waals surface area contributed by atoms with Crippen LogP contribution in [-0.2, 0) is 6.42 Å². The maximum Gasteiger partial charge on any atom is 0.196 e. The van der Waals surface area contributed by atoms with Crippen LogP contribution in [0.3, 0.4) is 0 Å². The number of ketones is 1. The topological polar surface area (TPSA) is 26.3 Å². The molecule has 0 aromatic heterocycles. The minimum Gasteiger partial charge on any atom is -0.496 e. The molecule has 0 aliphatic rings. The third-order valence-electron chi connectivity index (χ3n) is 3.43. The summed E-state index contributed by atoms with van der Waals surface area (Å²) in [5.74, 6) is 1.21. The summed E-state index contributed by atoms with van der Waals surface area (Å²) in [6.45, 7) is 6.33. The molecule has 2 heteroatoms. The number of ether oxygens (including phenoxy) is 1. The molecule has 0 saturated carbocycles. The van der Waals surface area contributed by atoms with Crippen LogP contribution in [0.2, 0.25) is 0 Å². The minimum absolute atomic E-state index is 0.0150. The van der Waals surface area contributed by atoms with Gasteiger partial charge in [-0.05, 0) is 43.0 Å². The van der Waals surface area contributed by atoms with Gasteiger partial charge in [-0.3, -0.25) is 4.79 Å². The molecule has 0 heterocycles. The lowest BCUT2D eigenvalue weighted by Gasteiger charge is -2.10. The number of aryl methyl sites for hydroxylation is 1. The molecule has 0 N–H and O–H groups in total. The summed E-state index contributed by atoms with van der Waals surface area (Å²) < 4.78 is 5.32. The second kappa shape index (κ2) is 6.57. The number of carbonyl (C=O) groups excluding carboxylic acids is 1. The van der Waals surface area contributed by atoms with Crippen molar-refractivity contribution < 1.29 is 9.53 Å². The van der Waals surface area contributed by atoms with Crippen LogP contribution in [0.15, 0.2) is 42.5 Å². The molecule has 110 valence electrons. The molecular formula is C19H22O2. The van der Waals surface area contributed by atoms with Crippen molar-refractivity contribution in [3.8, 4) is 5.75 Å². The Kier molecular flexibility index (Phi) is 4.79. The van der Waals surface area contributed by atoms with E-state index in [1.807, 2.05) is 43.3 Å². The van der Waals surface area contributed by atoms with Crippen LogP contribution in [0.25, 0.3) is 0 Å². The number of benzene rings is 2. The number of methoxy groups -OCH3 is 1. The Balaban J connectivity index is 2.38. The summed E-state index contributed by atoms with van der Waals surface area (Å²) in [4.78, 5) is 12.7. The van der Waals surface area contributed by atoms with Gasteiger partial charge in [-0.15, -0.1) is 0 Å². The van der Waals surface area contributed by atoms with Gasteiger partial charge in [-0.1, -0.05) is 43.7 Å². The summed E-state index contributed by atoms with van der Waals surface area (Å²) >= 11 is 0. The summed E-state index contributed by atoms with van der Waals surface area (Å²) in [6, 6.07) is 13.6. The van der Waals surface area contributed by atoms with Crippen molar-refractivity contribution in [2.24, 2.45) is 5.92 Å². The quantitative estimate of drug-likeness (QED) is 0.758. The third kappa shape index (κ3) is 3.72. The summed E-state index contributed by atoms with van der Waals surface area (Å²) in [7, 11) is 1.59. The zero-order valence-corrected chi connectivity index (χ0v) is 13.1. The molecule has 0 fully saturated rings. The van der Waals surface area contributed by atoms with Crippen LogP contribution in [0.4, 0.5) is 0 Å². The standard InChI is InChI=1S/C19H22O2/c1-13(2)10-15-6-5-7-16(12-15)19(20)17-11-14(3)8-9-18(17)21-4/h5-9,11-13H,10H2,1-4H3. The first-order valence-corrected chi connectivity index (χ1v) is 7.29. The Hall–Kier alpha value is -2.09. The van der Waals surface area contributed by atoms with Gasteiger partial charge in [0.1, 0.15) is 5.75 Å². The monoisotopic (exact) mass is 282 g/mol. The number of hydrogen-bond acceptors (Lipinski definition) is 2. The average Bonchev–Trinajstić information content (AvgIpc) is 2.46. The Morgan fingerprint density at radius 1 is 1.14 bits per heavy atom. The molecule has 2 rings (SSSR count). The maximum atomic E-state index is 12.7. The van der Waals surface area contributed by atoms with Crippen molar-refractivity contribution in [3.05, 3.63) is 64.7 Å². The number of carbonyl (C=O) groups is 1. The van der Waals surface area contributed by atoms with Crippen molar-refractivity contribution in [2.45, 2.75) is 27.2 Å². The molecule has 0 bridgehead atoms. The Labute approximate surface area is 126 Å². The van der Waals surface area contributed by atoms with E-state index in [0.29, 0.717) is 17.2 Å². The van der Waals surface area contributed by atoms with Gasteiger partial charge in [0, 0.05) is 5.56 Å². The van der Waals surface area contributed by atoms with Crippen LogP contribution in [0.5, 0.6) is 5.75 Å². The smallest absolute Gasteiger partial charge is 0.196 e. The highest BCUT2D eigenvalue weighted by molar-refractivity contribution is 6.10. The van der Waals surface area contributed by atoms with Crippen LogP contribution < -0.4 is 4.74 Å². The average molecular weight is 282 g/mol. The lowest BCUT2D eigenvalue weighted by atomic mass is 9.96. The van der Waals surface area contributed by atoms with Gasteiger partial charge in [0.05, 0.1) is 12.7 Å². The molecule has 21 heavy (non-hydrogen) atoms. The van der Waals surface area contributed by atoms with Gasteiger partial charge in [0.2, 0.25) is 0 Å². The van der Waals surface area contributed by atoms with E-state index < -0.39 is 0 Å². The van der Waals surface area contributed by atoms with E-state index in [1.54, 1.807) is 7.11 Å². The SMILES string of the molecule is COc1ccc(C)cc1C(=O)c1cccc(CC(C)C)c1. The molecule has 0 atom stereocenters. The maximum absolute atomic E-state index is 12.7. The number of rotatable bonds is 5. The van der Waals surface area contributed by atoms with Gasteiger partial charge in [0.15, 0.2) is 5.78 Å². The van der Waals surface area contributed by atoms with E-state index in [9.17, 15) is 4.79 Å². The van der Waals surface area contributed by atoms with E-state index in [1.165, 1.54) is 5.56 Å². The molecule has 2 aromatic rings. The van der Waals surface area contributed by atoms with Crippen LogP contribution in [0, 0.1) is 12.8 Å². The molecule has 0 saturated heterocycles. The fourth-order valence-electron chi connectivity index (χ4n) is 2.47. The lowest BCUT2D eigenvalue weighted by molar-refractivity contribution is 0.103. The fraction of sp³-hybridized carbons (Fsp3) is 0.316. The molecule has 0 spiro atoms. The number of hydrogen-bond donors (Lipinski definition) is 0. The zero-order valence-electron chi connectivity index (χ0n) is 13.1. The van der Waals surface area contributed by atoms with E-state index in [0.717, 1.165) is 17.5 Å². The first-order chi connectivity index (χ1) is 10.0. The molecule has 0 amide bonds. The predicted molar refractivity (Wildman–Crippen MR) is 86.1 cm³/mol. The van der Waals surface area contributed by atoms with Crippen molar-refractivity contribution in [1.29, 1.82) is 0 Å². The van der Waals surface area contributed by atoms with Gasteiger partial charge < -0.3 is 4.74 Å². The second-order valence-corrected chi connectivity index (χ2v) is 5.83. The van der Waals surface area contributed by atoms with Gasteiger partial charge in [0.25, 0.3) is 0 Å². The molecule has 2 nitrogen and oxygen atoms in total. The van der Waals surface area contributed by atoms with E-state index >= 15 is 0 Å². The fourth-order valence-corrected chi connectivity index (χ4v) is 2.47. The van der Waals surface area contributed by atoms with E-state index in [4.69, 9.17) is 4.74 Å². The van der Waals surface area contributed by atoms with E-state index in [-0.39, 0.29) is 5.78 Å².